The molecule has 28 heavy (non-hydrogen) atoms. The van der Waals surface area contributed by atoms with E-state index >= 15 is 0 Å². The van der Waals surface area contributed by atoms with Gasteiger partial charge in [-0.2, -0.15) is 0 Å². The van der Waals surface area contributed by atoms with Crippen LogP contribution in [0.25, 0.3) is 0 Å². The summed E-state index contributed by atoms with van der Waals surface area (Å²) in [5, 5.41) is 13.8. The Kier molecular flexibility index (Phi) is 5.80. The van der Waals surface area contributed by atoms with Crippen LogP contribution in [0.2, 0.25) is 0 Å². The van der Waals surface area contributed by atoms with Gasteiger partial charge in [0.15, 0.2) is 5.76 Å². The normalized spacial score (nSPS) is 15.9. The molecule has 2 N–H and O–H groups in total. The maximum Gasteiger partial charge on any atom is 0.433 e. The van der Waals surface area contributed by atoms with Gasteiger partial charge < -0.3 is 19.4 Å². The van der Waals surface area contributed by atoms with Crippen LogP contribution in [0.5, 0.6) is 0 Å². The molecule has 0 spiro atoms. The fourth-order valence-electron chi connectivity index (χ4n) is 3.21. The summed E-state index contributed by atoms with van der Waals surface area (Å²) in [5.41, 5.74) is 1.28. The van der Waals surface area contributed by atoms with E-state index in [-0.39, 0.29) is 12.4 Å². The Bertz CT molecular complexity index is 917. The third-order valence-corrected chi connectivity index (χ3v) is 5.84. The summed E-state index contributed by atoms with van der Waals surface area (Å²) in [7, 11) is 0. The van der Waals surface area contributed by atoms with Crippen molar-refractivity contribution in [2.24, 2.45) is 0 Å². The fraction of sp³-hybridized carbons (Fsp3) is 0.444. The van der Waals surface area contributed by atoms with Gasteiger partial charge in [-0.15, -0.1) is 11.3 Å². The quantitative estimate of drug-likeness (QED) is 0.429. The number of thiophene rings is 1. The van der Waals surface area contributed by atoms with Gasteiger partial charge in [-0.1, -0.05) is 0 Å². The molecule has 0 saturated heterocycles. The number of anilines is 1. The molecule has 1 atom stereocenters. The summed E-state index contributed by atoms with van der Waals surface area (Å²) in [6.45, 7) is 7.91. The zero-order chi connectivity index (χ0) is 20.4. The molecule has 1 aliphatic rings. The summed E-state index contributed by atoms with van der Waals surface area (Å²) < 4.78 is 10.1. The Morgan fingerprint density at radius 1 is 1.43 bits per heavy atom. The van der Waals surface area contributed by atoms with E-state index in [2.05, 4.69) is 19.2 Å². The number of furan rings is 1. The molecule has 0 bridgehead atoms. The second kappa shape index (κ2) is 8.11. The van der Waals surface area contributed by atoms with E-state index in [9.17, 15) is 19.7 Å². The second-order valence-electron chi connectivity index (χ2n) is 6.77. The van der Waals surface area contributed by atoms with Crippen molar-refractivity contribution >= 4 is 34.1 Å². The first-order valence-electron chi connectivity index (χ1n) is 9.03. The molecule has 0 aliphatic carbocycles. The second-order valence-corrected chi connectivity index (χ2v) is 7.87. The molecule has 0 radical (unpaired) electrons. The molecule has 1 amide bonds. The Morgan fingerprint density at radius 3 is 2.79 bits per heavy atom. The van der Waals surface area contributed by atoms with Gasteiger partial charge in [0.2, 0.25) is 0 Å². The predicted octanol–water partition coefficient (Wildman–Crippen LogP) is 2.03. The number of carbonyl (C=O) groups is 2. The van der Waals surface area contributed by atoms with Crippen LogP contribution in [-0.2, 0) is 17.7 Å². The van der Waals surface area contributed by atoms with E-state index in [1.165, 1.54) is 22.3 Å². The van der Waals surface area contributed by atoms with Crippen LogP contribution in [0.3, 0.4) is 0 Å². The van der Waals surface area contributed by atoms with Crippen molar-refractivity contribution in [1.29, 1.82) is 0 Å². The molecule has 3 rings (SSSR count). The number of nitrogens with zero attached hydrogens (tertiary/aromatic N) is 1. The van der Waals surface area contributed by atoms with E-state index in [1.54, 1.807) is 6.92 Å². The maximum absolute atomic E-state index is 12.5. The number of esters is 1. The van der Waals surface area contributed by atoms with Crippen LogP contribution >= 0.6 is 11.3 Å². The molecule has 2 aromatic heterocycles. The molecule has 150 valence electrons. The highest BCUT2D eigenvalue weighted by Crippen LogP contribution is 2.36. The van der Waals surface area contributed by atoms with Gasteiger partial charge in [0.1, 0.15) is 16.5 Å². The minimum Gasteiger partial charge on any atom is -0.462 e. The van der Waals surface area contributed by atoms with Crippen LogP contribution in [0.1, 0.15) is 52.1 Å². The summed E-state index contributed by atoms with van der Waals surface area (Å²) >= 11 is 1.34. The lowest BCUT2D eigenvalue weighted by Gasteiger charge is -2.27. The number of carbonyl (C=O) groups excluding carboxylic acids is 2. The van der Waals surface area contributed by atoms with Crippen LogP contribution in [0, 0.1) is 10.1 Å². The number of nitrogens with one attached hydrogen (secondary N) is 2. The summed E-state index contributed by atoms with van der Waals surface area (Å²) in [6.07, 6.45) is 0.718. The topological polar surface area (TPSA) is 116 Å². The first-order chi connectivity index (χ1) is 13.3. The molecule has 10 heteroatoms. The molecule has 1 unspecified atom stereocenters. The van der Waals surface area contributed by atoms with Gasteiger partial charge in [-0.25, -0.2) is 4.79 Å². The van der Waals surface area contributed by atoms with Crippen LogP contribution in [-0.4, -0.2) is 36.0 Å². The van der Waals surface area contributed by atoms with Crippen molar-refractivity contribution in [3.63, 3.8) is 0 Å². The van der Waals surface area contributed by atoms with E-state index in [0.717, 1.165) is 36.0 Å². The van der Waals surface area contributed by atoms with Gasteiger partial charge in [0.25, 0.3) is 5.91 Å². The Morgan fingerprint density at radius 2 is 2.18 bits per heavy atom. The number of quaternary nitrogens is 1. The number of rotatable bonds is 6. The van der Waals surface area contributed by atoms with Gasteiger partial charge >= 0.3 is 11.9 Å². The van der Waals surface area contributed by atoms with E-state index in [4.69, 9.17) is 9.15 Å². The highest BCUT2D eigenvalue weighted by molar-refractivity contribution is 7.17. The summed E-state index contributed by atoms with van der Waals surface area (Å²) in [6, 6.07) is 2.79. The average molecular weight is 408 g/mol. The summed E-state index contributed by atoms with van der Waals surface area (Å²) in [4.78, 5) is 37.5. The zero-order valence-corrected chi connectivity index (χ0v) is 16.7. The lowest BCUT2D eigenvalue weighted by molar-refractivity contribution is -0.936. The highest BCUT2D eigenvalue weighted by Gasteiger charge is 2.32. The van der Waals surface area contributed by atoms with E-state index in [0.29, 0.717) is 16.6 Å². The van der Waals surface area contributed by atoms with Crippen LogP contribution in [0.4, 0.5) is 10.9 Å². The lowest BCUT2D eigenvalue weighted by Crippen LogP contribution is -3.14. The van der Waals surface area contributed by atoms with Crippen molar-refractivity contribution in [2.75, 3.05) is 18.5 Å². The molecule has 0 aromatic carbocycles. The van der Waals surface area contributed by atoms with Crippen LogP contribution in [0.15, 0.2) is 16.5 Å². The highest BCUT2D eigenvalue weighted by atomic mass is 32.1. The third kappa shape index (κ3) is 3.92. The molecule has 2 aromatic rings. The van der Waals surface area contributed by atoms with Gasteiger partial charge in [-0.3, -0.25) is 14.9 Å². The minimum absolute atomic E-state index is 0.192. The first kappa shape index (κ1) is 20.0. The number of fused-ring (bicyclic) bond motifs is 1. The van der Waals surface area contributed by atoms with Crippen molar-refractivity contribution in [2.45, 2.75) is 39.8 Å². The number of ether oxygens (including phenoxy) is 1. The molecule has 0 saturated carbocycles. The molecular formula is C18H22N3O6S+. The van der Waals surface area contributed by atoms with Crippen molar-refractivity contribution in [3.8, 4) is 0 Å². The van der Waals surface area contributed by atoms with Crippen molar-refractivity contribution < 1.29 is 28.6 Å². The third-order valence-electron chi connectivity index (χ3n) is 4.69. The minimum atomic E-state index is -0.714. The molecule has 3 heterocycles. The monoisotopic (exact) mass is 408 g/mol. The molecule has 1 aliphatic heterocycles. The largest absolute Gasteiger partial charge is 0.462 e. The molecule has 9 nitrogen and oxygen atoms in total. The standard InChI is InChI=1S/C18H21N3O6S/c1-4-26-18(23)15-11-7-8-20(10(2)3)9-13(11)28-17(15)19-16(22)12-5-6-14(27-12)21(24)25/h5-6,10H,4,7-9H2,1-3H3,(H,19,22)/p+1. The maximum atomic E-state index is 12.5. The van der Waals surface area contributed by atoms with Gasteiger partial charge in [0, 0.05) is 6.42 Å². The Labute approximate surface area is 165 Å². The van der Waals surface area contributed by atoms with Gasteiger partial charge in [0.05, 0.1) is 35.7 Å². The number of hydrogen-bond donors (Lipinski definition) is 2. The predicted molar refractivity (Wildman–Crippen MR) is 102 cm³/mol. The smallest absolute Gasteiger partial charge is 0.433 e. The van der Waals surface area contributed by atoms with E-state index < -0.39 is 22.7 Å². The van der Waals surface area contributed by atoms with Crippen molar-refractivity contribution in [1.82, 2.24) is 0 Å². The zero-order valence-electron chi connectivity index (χ0n) is 15.9. The number of nitro groups is 1. The van der Waals surface area contributed by atoms with Crippen LogP contribution < -0.4 is 10.2 Å². The summed E-state index contributed by atoms with van der Waals surface area (Å²) in [5.74, 6) is -1.83. The number of hydrogen-bond acceptors (Lipinski definition) is 7. The van der Waals surface area contributed by atoms with Crippen molar-refractivity contribution in [3.05, 3.63) is 44.0 Å². The van der Waals surface area contributed by atoms with Gasteiger partial charge in [-0.05, 0) is 32.4 Å². The Hall–Kier alpha value is -2.72. The number of amides is 1. The van der Waals surface area contributed by atoms with E-state index in [1.807, 2.05) is 0 Å². The molecular weight excluding hydrogens is 386 g/mol. The lowest BCUT2D eigenvalue weighted by atomic mass is 10.0. The average Bonchev–Trinajstić information content (AvgIpc) is 3.26. The Balaban J connectivity index is 1.91. The SMILES string of the molecule is CCOC(=O)c1c(NC(=O)c2ccc([N+](=O)[O-])o2)sc2c1CC[NH+](C(C)C)C2. The molecule has 0 fully saturated rings. The first-order valence-corrected chi connectivity index (χ1v) is 9.85. The fourth-order valence-corrected chi connectivity index (χ4v) is 4.50.